The Bertz CT molecular complexity index is 517. The second-order valence-electron chi connectivity index (χ2n) is 5.19. The van der Waals surface area contributed by atoms with Gasteiger partial charge in [-0.15, -0.1) is 0 Å². The van der Waals surface area contributed by atoms with Crippen LogP contribution < -0.4 is 5.32 Å². The summed E-state index contributed by atoms with van der Waals surface area (Å²) in [4.78, 5) is 12.3. The summed E-state index contributed by atoms with van der Waals surface area (Å²) in [7, 11) is 0. The van der Waals surface area contributed by atoms with E-state index in [0.29, 0.717) is 6.54 Å². The summed E-state index contributed by atoms with van der Waals surface area (Å²) in [5.74, 6) is -0.623. The number of rotatable bonds is 4. The van der Waals surface area contributed by atoms with E-state index in [0.717, 1.165) is 24.8 Å². The van der Waals surface area contributed by atoms with Crippen molar-refractivity contribution in [2.75, 3.05) is 6.54 Å². The normalized spacial score (nSPS) is 17.9. The summed E-state index contributed by atoms with van der Waals surface area (Å²) in [6.45, 7) is 2.10. The van der Waals surface area contributed by atoms with Gasteiger partial charge >= 0.3 is 0 Å². The zero-order valence-electron chi connectivity index (χ0n) is 10.9. The van der Waals surface area contributed by atoms with Gasteiger partial charge in [-0.3, -0.25) is 4.79 Å². The van der Waals surface area contributed by atoms with Crippen LogP contribution >= 0.6 is 0 Å². The number of carbonyl (C=O) groups excluding carboxylic acids is 1. The number of halogens is 1. The van der Waals surface area contributed by atoms with Gasteiger partial charge in [-0.1, -0.05) is 18.6 Å². The Morgan fingerprint density at radius 3 is 2.84 bits per heavy atom. The number of amides is 1. The van der Waals surface area contributed by atoms with E-state index in [1.165, 1.54) is 12.1 Å². The molecule has 1 saturated carbocycles. The number of benzene rings is 1. The molecule has 1 amide bonds. The van der Waals surface area contributed by atoms with Gasteiger partial charge in [0.1, 0.15) is 5.82 Å². The smallest absolute Gasteiger partial charge is 0.230 e. The molecule has 4 heteroatoms. The maximum Gasteiger partial charge on any atom is 0.230 e. The Kier molecular flexibility index (Phi) is 3.84. The highest BCUT2D eigenvalue weighted by molar-refractivity contribution is 5.89. The summed E-state index contributed by atoms with van der Waals surface area (Å²) < 4.78 is 13.3. The number of hydrogen-bond donors (Lipinski definition) is 1. The minimum atomic E-state index is -0.600. The van der Waals surface area contributed by atoms with Crippen LogP contribution in [0.1, 0.15) is 31.7 Å². The zero-order valence-corrected chi connectivity index (χ0v) is 10.9. The first-order chi connectivity index (χ1) is 9.08. The lowest BCUT2D eigenvalue weighted by Gasteiger charge is -2.40. The SMILES string of the molecule is CC(C#N)CNC(=O)C1(c2cccc(F)c2)CCC1. The lowest BCUT2D eigenvalue weighted by Crippen LogP contribution is -2.50. The molecule has 19 heavy (non-hydrogen) atoms. The largest absolute Gasteiger partial charge is 0.354 e. The standard InChI is InChI=1S/C15H17FN2O/c1-11(9-17)10-18-14(19)15(6-3-7-15)12-4-2-5-13(16)8-12/h2,4-5,8,11H,3,6-7,10H2,1H3,(H,18,19). The minimum Gasteiger partial charge on any atom is -0.354 e. The van der Waals surface area contributed by atoms with Gasteiger partial charge in [-0.05, 0) is 37.5 Å². The quantitative estimate of drug-likeness (QED) is 0.904. The topological polar surface area (TPSA) is 52.9 Å². The molecule has 1 fully saturated rings. The highest BCUT2D eigenvalue weighted by Gasteiger charge is 2.45. The summed E-state index contributed by atoms with van der Waals surface area (Å²) in [5.41, 5.74) is 0.137. The van der Waals surface area contributed by atoms with Gasteiger partial charge in [0.05, 0.1) is 17.4 Å². The molecule has 0 bridgehead atoms. The number of nitrogens with one attached hydrogen (secondary N) is 1. The first-order valence-electron chi connectivity index (χ1n) is 6.52. The van der Waals surface area contributed by atoms with Crippen molar-refractivity contribution < 1.29 is 9.18 Å². The predicted molar refractivity (Wildman–Crippen MR) is 69.7 cm³/mol. The third kappa shape index (κ3) is 2.60. The molecule has 1 aliphatic rings. The Morgan fingerprint density at radius 1 is 1.58 bits per heavy atom. The predicted octanol–water partition coefficient (Wildman–Crippen LogP) is 2.52. The molecule has 1 aliphatic carbocycles. The maximum atomic E-state index is 13.3. The molecule has 0 heterocycles. The second kappa shape index (κ2) is 5.40. The van der Waals surface area contributed by atoms with Gasteiger partial charge in [0.2, 0.25) is 5.91 Å². The summed E-state index contributed by atoms with van der Waals surface area (Å²) in [6.07, 6.45) is 2.45. The fourth-order valence-corrected chi connectivity index (χ4v) is 2.42. The van der Waals surface area contributed by atoms with E-state index in [-0.39, 0.29) is 17.6 Å². The van der Waals surface area contributed by atoms with Crippen molar-refractivity contribution in [1.29, 1.82) is 5.26 Å². The molecule has 1 N–H and O–H groups in total. The molecular formula is C15H17FN2O. The Labute approximate surface area is 112 Å². The third-order valence-electron chi connectivity index (χ3n) is 3.81. The average molecular weight is 260 g/mol. The van der Waals surface area contributed by atoms with E-state index >= 15 is 0 Å². The van der Waals surface area contributed by atoms with Crippen molar-refractivity contribution in [2.45, 2.75) is 31.6 Å². The van der Waals surface area contributed by atoms with E-state index in [4.69, 9.17) is 5.26 Å². The van der Waals surface area contributed by atoms with Crippen LogP contribution in [0.4, 0.5) is 4.39 Å². The molecule has 2 rings (SSSR count). The molecule has 0 radical (unpaired) electrons. The summed E-state index contributed by atoms with van der Waals surface area (Å²) in [6, 6.07) is 8.34. The summed E-state index contributed by atoms with van der Waals surface area (Å²) in [5, 5.41) is 11.5. The third-order valence-corrected chi connectivity index (χ3v) is 3.81. The first-order valence-corrected chi connectivity index (χ1v) is 6.52. The van der Waals surface area contributed by atoms with Gasteiger partial charge < -0.3 is 5.32 Å². The Balaban J connectivity index is 2.14. The van der Waals surface area contributed by atoms with Crippen molar-refractivity contribution in [3.05, 3.63) is 35.6 Å². The lowest BCUT2D eigenvalue weighted by molar-refractivity contribution is -0.130. The summed E-state index contributed by atoms with van der Waals surface area (Å²) >= 11 is 0. The van der Waals surface area contributed by atoms with Crippen LogP contribution in [0.2, 0.25) is 0 Å². The number of hydrogen-bond acceptors (Lipinski definition) is 2. The van der Waals surface area contributed by atoms with Gasteiger partial charge in [-0.25, -0.2) is 4.39 Å². The van der Waals surface area contributed by atoms with E-state index < -0.39 is 5.41 Å². The monoisotopic (exact) mass is 260 g/mol. The van der Waals surface area contributed by atoms with E-state index in [9.17, 15) is 9.18 Å². The molecule has 100 valence electrons. The minimum absolute atomic E-state index is 0.0912. The van der Waals surface area contributed by atoms with Crippen molar-refractivity contribution in [1.82, 2.24) is 5.32 Å². The van der Waals surface area contributed by atoms with Crippen molar-refractivity contribution >= 4 is 5.91 Å². The van der Waals surface area contributed by atoms with Crippen LogP contribution in [0.25, 0.3) is 0 Å². The number of nitrogens with zero attached hydrogens (tertiary/aromatic N) is 1. The van der Waals surface area contributed by atoms with Crippen molar-refractivity contribution in [3.63, 3.8) is 0 Å². The van der Waals surface area contributed by atoms with Gasteiger partial charge in [0, 0.05) is 6.54 Å². The molecule has 0 aliphatic heterocycles. The first kappa shape index (κ1) is 13.5. The maximum absolute atomic E-state index is 13.3. The van der Waals surface area contributed by atoms with Crippen molar-refractivity contribution in [3.8, 4) is 6.07 Å². The molecule has 1 atom stereocenters. The molecular weight excluding hydrogens is 243 g/mol. The molecule has 0 spiro atoms. The zero-order chi connectivity index (χ0) is 13.9. The molecule has 0 saturated heterocycles. The van der Waals surface area contributed by atoms with Gasteiger partial charge in [0.15, 0.2) is 0 Å². The van der Waals surface area contributed by atoms with E-state index in [1.54, 1.807) is 19.1 Å². The van der Waals surface area contributed by atoms with Crippen LogP contribution in [-0.4, -0.2) is 12.5 Å². The molecule has 1 aromatic carbocycles. The molecule has 3 nitrogen and oxygen atoms in total. The van der Waals surface area contributed by atoms with Crippen LogP contribution in [-0.2, 0) is 10.2 Å². The molecule has 1 unspecified atom stereocenters. The van der Waals surface area contributed by atoms with Crippen LogP contribution in [0, 0.1) is 23.1 Å². The fraction of sp³-hybridized carbons (Fsp3) is 0.467. The number of nitriles is 1. The van der Waals surface area contributed by atoms with Crippen LogP contribution in [0.3, 0.4) is 0 Å². The molecule has 1 aromatic rings. The Hall–Kier alpha value is -1.89. The molecule has 0 aromatic heterocycles. The average Bonchev–Trinajstić information content (AvgIpc) is 2.34. The van der Waals surface area contributed by atoms with E-state index in [1.807, 2.05) is 0 Å². The second-order valence-corrected chi connectivity index (χ2v) is 5.19. The van der Waals surface area contributed by atoms with E-state index in [2.05, 4.69) is 11.4 Å². The highest BCUT2D eigenvalue weighted by atomic mass is 19.1. The number of carbonyl (C=O) groups is 1. The lowest BCUT2D eigenvalue weighted by atomic mass is 9.63. The highest BCUT2D eigenvalue weighted by Crippen LogP contribution is 2.44. The van der Waals surface area contributed by atoms with Crippen molar-refractivity contribution in [2.24, 2.45) is 5.92 Å². The van der Waals surface area contributed by atoms with Crippen LogP contribution in [0.5, 0.6) is 0 Å². The van der Waals surface area contributed by atoms with Gasteiger partial charge in [-0.2, -0.15) is 5.26 Å². The van der Waals surface area contributed by atoms with Crippen LogP contribution in [0.15, 0.2) is 24.3 Å². The van der Waals surface area contributed by atoms with Gasteiger partial charge in [0.25, 0.3) is 0 Å². The fourth-order valence-electron chi connectivity index (χ4n) is 2.42. The Morgan fingerprint density at radius 2 is 2.32 bits per heavy atom.